The molecule has 3 heterocycles. The van der Waals surface area contributed by atoms with Gasteiger partial charge in [-0.2, -0.15) is 9.67 Å². The van der Waals surface area contributed by atoms with E-state index >= 15 is 0 Å². The number of hydrogen-bond donors (Lipinski definition) is 0. The van der Waals surface area contributed by atoms with E-state index in [9.17, 15) is 14.7 Å². The molecule has 0 saturated heterocycles. The summed E-state index contributed by atoms with van der Waals surface area (Å²) in [5.41, 5.74) is 3.35. The highest BCUT2D eigenvalue weighted by Gasteiger charge is 2.47. The summed E-state index contributed by atoms with van der Waals surface area (Å²) in [7, 11) is 0. The van der Waals surface area contributed by atoms with Crippen LogP contribution >= 0.6 is 0 Å². The van der Waals surface area contributed by atoms with Crippen molar-refractivity contribution in [3.63, 3.8) is 0 Å². The third kappa shape index (κ3) is 4.33. The van der Waals surface area contributed by atoms with E-state index in [-0.39, 0.29) is 29.3 Å². The van der Waals surface area contributed by atoms with Gasteiger partial charge in [-0.15, -0.1) is 0 Å². The van der Waals surface area contributed by atoms with Gasteiger partial charge in [0.15, 0.2) is 12.4 Å². The fourth-order valence-electron chi connectivity index (χ4n) is 4.61. The molecule has 2 amide bonds. The second-order valence-corrected chi connectivity index (χ2v) is 9.35. The average molecular weight is 493 g/mol. The summed E-state index contributed by atoms with van der Waals surface area (Å²) in [4.78, 5) is 29.1. The summed E-state index contributed by atoms with van der Waals surface area (Å²) in [6.45, 7) is 5.98. The zero-order valence-corrected chi connectivity index (χ0v) is 21.1. The van der Waals surface area contributed by atoms with Gasteiger partial charge in [0.05, 0.1) is 17.9 Å². The first-order valence-electron chi connectivity index (χ1n) is 12.4. The maximum absolute atomic E-state index is 14.0. The van der Waals surface area contributed by atoms with Crippen LogP contribution in [0.4, 0.5) is 0 Å². The number of amides is 2. The number of nitrogens with zero attached hydrogens (tertiary/aromatic N) is 4. The Labute approximate surface area is 215 Å². The van der Waals surface area contributed by atoms with Gasteiger partial charge in [0, 0.05) is 17.2 Å². The zero-order chi connectivity index (χ0) is 26.1. The Hall–Kier alpha value is -4.52. The normalized spacial score (nSPS) is 13.8. The van der Waals surface area contributed by atoms with Gasteiger partial charge in [-0.3, -0.25) is 14.5 Å². The van der Waals surface area contributed by atoms with Crippen LogP contribution in [-0.4, -0.2) is 26.5 Å². The average Bonchev–Trinajstić information content (AvgIpc) is 3.38. The number of aromatic nitrogens is 3. The Balaban J connectivity index is 1.74. The van der Waals surface area contributed by atoms with Gasteiger partial charge >= 0.3 is 5.91 Å². The maximum atomic E-state index is 14.0. The van der Waals surface area contributed by atoms with Crippen LogP contribution in [0.3, 0.4) is 0 Å². The number of para-hydroxylation sites is 1. The third-order valence-corrected chi connectivity index (χ3v) is 6.52. The molecule has 1 aliphatic heterocycles. The van der Waals surface area contributed by atoms with Crippen LogP contribution in [0, 0.1) is 0 Å². The Bertz CT molecular complexity index is 1500. The smallest absolute Gasteiger partial charge is 0.327 e. The van der Waals surface area contributed by atoms with Gasteiger partial charge in [0.2, 0.25) is 0 Å². The number of pyridine rings is 1. The van der Waals surface area contributed by atoms with E-state index in [1.807, 2.05) is 87.6 Å². The zero-order valence-electron chi connectivity index (χ0n) is 21.1. The Morgan fingerprint density at radius 2 is 1.54 bits per heavy atom. The molecule has 4 aromatic rings. The van der Waals surface area contributed by atoms with Crippen molar-refractivity contribution in [1.82, 2.24) is 14.7 Å². The van der Waals surface area contributed by atoms with E-state index in [1.165, 1.54) is 9.58 Å². The fourth-order valence-corrected chi connectivity index (χ4v) is 4.61. The molecule has 7 nitrogen and oxygen atoms in total. The molecule has 0 atom stereocenters. The molecule has 0 N–H and O–H groups in total. The van der Waals surface area contributed by atoms with E-state index in [1.54, 1.807) is 22.9 Å². The number of carbonyl (C=O) groups excluding carboxylic acids is 2. The molecule has 5 rings (SSSR count). The lowest BCUT2D eigenvalue weighted by molar-refractivity contribution is -0.577. The predicted octanol–water partition coefficient (Wildman–Crippen LogP) is 3.86. The van der Waals surface area contributed by atoms with Gasteiger partial charge in [0.1, 0.15) is 5.57 Å². The molecule has 0 radical (unpaired) electrons. The van der Waals surface area contributed by atoms with Crippen LogP contribution in [0.25, 0.3) is 17.0 Å². The standard InChI is InChI=1S/C30H28N4O3/c1-4-21-14-11-17-32(18-21)27-25(28(35)33(30(27)37)19-22-12-7-5-8-13-22)24-26(20(2)3)31-34(29(24)36)23-15-9-6-10-16-23/h5-18,20H,4,19H2,1-3H3. The molecular weight excluding hydrogens is 464 g/mol. The van der Waals surface area contributed by atoms with Crippen LogP contribution in [0.5, 0.6) is 5.88 Å². The van der Waals surface area contributed by atoms with Crippen LogP contribution in [0.15, 0.2) is 85.2 Å². The molecule has 0 unspecified atom stereocenters. The first-order valence-corrected chi connectivity index (χ1v) is 12.4. The number of carbonyl (C=O) groups is 2. The molecule has 0 saturated carbocycles. The van der Waals surface area contributed by atoms with Crippen LogP contribution in [0.1, 0.15) is 49.1 Å². The van der Waals surface area contributed by atoms with E-state index in [4.69, 9.17) is 0 Å². The fraction of sp³-hybridized carbons (Fsp3) is 0.200. The molecule has 37 heavy (non-hydrogen) atoms. The summed E-state index contributed by atoms with van der Waals surface area (Å²) in [6, 6.07) is 22.3. The maximum Gasteiger partial charge on any atom is 0.327 e. The lowest BCUT2D eigenvalue weighted by atomic mass is 9.98. The monoisotopic (exact) mass is 492 g/mol. The molecule has 2 aromatic heterocycles. The van der Waals surface area contributed by atoms with Crippen LogP contribution < -0.4 is 9.67 Å². The quantitative estimate of drug-likeness (QED) is 0.290. The molecule has 7 heteroatoms. The number of rotatable bonds is 7. The molecule has 1 aliphatic rings. The van der Waals surface area contributed by atoms with Crippen LogP contribution in [0.2, 0.25) is 0 Å². The summed E-state index contributed by atoms with van der Waals surface area (Å²) >= 11 is 0. The molecule has 0 spiro atoms. The predicted molar refractivity (Wildman–Crippen MR) is 138 cm³/mol. The number of aryl methyl sites for hydroxylation is 1. The highest BCUT2D eigenvalue weighted by atomic mass is 16.3. The van der Waals surface area contributed by atoms with Crippen molar-refractivity contribution in [2.45, 2.75) is 39.7 Å². The number of benzene rings is 2. The van der Waals surface area contributed by atoms with Crippen molar-refractivity contribution in [2.75, 3.05) is 0 Å². The lowest BCUT2D eigenvalue weighted by Gasteiger charge is -2.16. The largest absolute Gasteiger partial charge is 0.858 e. The number of hydrogen-bond acceptors (Lipinski definition) is 4. The van der Waals surface area contributed by atoms with Crippen LogP contribution in [-0.2, 0) is 22.6 Å². The van der Waals surface area contributed by atoms with Crippen molar-refractivity contribution in [1.29, 1.82) is 0 Å². The van der Waals surface area contributed by atoms with Gasteiger partial charge in [-0.05, 0) is 42.0 Å². The molecule has 0 aliphatic carbocycles. The Morgan fingerprint density at radius 3 is 2.19 bits per heavy atom. The second kappa shape index (κ2) is 9.85. The van der Waals surface area contributed by atoms with Crippen molar-refractivity contribution in [3.8, 4) is 11.6 Å². The van der Waals surface area contributed by atoms with E-state index in [2.05, 4.69) is 5.10 Å². The summed E-state index contributed by atoms with van der Waals surface area (Å²) in [5, 5.41) is 18.5. The molecule has 0 fully saturated rings. The van der Waals surface area contributed by atoms with Gasteiger partial charge in [-0.1, -0.05) is 69.3 Å². The first-order chi connectivity index (χ1) is 17.9. The molecule has 2 aromatic carbocycles. The van der Waals surface area contributed by atoms with Crippen molar-refractivity contribution < 1.29 is 19.3 Å². The summed E-state index contributed by atoms with van der Waals surface area (Å²) < 4.78 is 2.99. The lowest BCUT2D eigenvalue weighted by Crippen LogP contribution is -2.39. The minimum Gasteiger partial charge on any atom is -0.858 e. The molecule has 186 valence electrons. The molecule has 0 bridgehead atoms. The van der Waals surface area contributed by atoms with Gasteiger partial charge in [-0.25, -0.2) is 4.68 Å². The SMILES string of the molecule is CCc1ccc[n+](C2=C(c3c(C(C)C)nn(-c4ccccc4)c3[O-])C(=O)N(Cc3ccccc3)C2=O)c1. The minimum atomic E-state index is -0.495. The number of imide groups is 1. The van der Waals surface area contributed by atoms with E-state index in [0.29, 0.717) is 11.4 Å². The van der Waals surface area contributed by atoms with Crippen molar-refractivity contribution in [2.24, 2.45) is 0 Å². The molecular formula is C30H28N4O3. The van der Waals surface area contributed by atoms with Crippen molar-refractivity contribution in [3.05, 3.63) is 108 Å². The summed E-state index contributed by atoms with van der Waals surface area (Å²) in [6.07, 6.45) is 4.34. The minimum absolute atomic E-state index is 0.0927. The van der Waals surface area contributed by atoms with Gasteiger partial charge in [0.25, 0.3) is 11.6 Å². The Kier molecular flexibility index (Phi) is 6.44. The van der Waals surface area contributed by atoms with E-state index in [0.717, 1.165) is 17.5 Å². The topological polar surface area (TPSA) is 82.1 Å². The highest BCUT2D eigenvalue weighted by molar-refractivity contribution is 6.44. The Morgan fingerprint density at radius 1 is 0.892 bits per heavy atom. The first kappa shape index (κ1) is 24.2. The van der Waals surface area contributed by atoms with Gasteiger partial charge < -0.3 is 5.11 Å². The van der Waals surface area contributed by atoms with Crippen molar-refractivity contribution >= 4 is 23.1 Å². The third-order valence-electron chi connectivity index (χ3n) is 6.52. The highest BCUT2D eigenvalue weighted by Crippen LogP contribution is 2.39. The summed E-state index contributed by atoms with van der Waals surface area (Å²) in [5.74, 6) is -1.51. The second-order valence-electron chi connectivity index (χ2n) is 9.35. The van der Waals surface area contributed by atoms with E-state index < -0.39 is 17.7 Å².